The van der Waals surface area contributed by atoms with Crippen molar-refractivity contribution < 1.29 is 9.90 Å². The lowest BCUT2D eigenvalue weighted by atomic mass is 9.38. The Kier molecular flexibility index (Phi) is 2.09. The lowest BCUT2D eigenvalue weighted by Gasteiger charge is -2.66. The molecule has 0 aromatic rings. The topological polar surface area (TPSA) is 37.3 Å². The fourth-order valence-electron chi connectivity index (χ4n) is 6.28. The molecule has 0 heterocycles. The Morgan fingerprint density at radius 3 is 2.06 bits per heavy atom. The number of hydrogen-bond donors (Lipinski definition) is 1. The quantitative estimate of drug-likeness (QED) is 0.793. The van der Waals surface area contributed by atoms with E-state index in [9.17, 15) is 9.90 Å². The van der Waals surface area contributed by atoms with Gasteiger partial charge in [-0.05, 0) is 60.7 Å². The largest absolute Gasteiger partial charge is 0.481 e. The Morgan fingerprint density at radius 1 is 1.12 bits per heavy atom. The minimum absolute atomic E-state index is 0.106. The molecule has 96 valence electrons. The van der Waals surface area contributed by atoms with Crippen molar-refractivity contribution >= 4 is 5.97 Å². The average molecular weight is 236 g/mol. The van der Waals surface area contributed by atoms with Gasteiger partial charge < -0.3 is 5.11 Å². The molecule has 17 heavy (non-hydrogen) atoms. The Hall–Kier alpha value is -0.530. The van der Waals surface area contributed by atoms with Crippen LogP contribution in [-0.4, -0.2) is 11.1 Å². The molecule has 4 saturated carbocycles. The van der Waals surface area contributed by atoms with Crippen molar-refractivity contribution in [3.05, 3.63) is 0 Å². The number of aliphatic carboxylic acids is 1. The number of carboxylic acid groups (broad SMARTS) is 1. The van der Waals surface area contributed by atoms with Gasteiger partial charge in [0.25, 0.3) is 0 Å². The first kappa shape index (κ1) is 11.6. The van der Waals surface area contributed by atoms with Gasteiger partial charge in [-0.3, -0.25) is 4.79 Å². The molecule has 3 atom stereocenters. The van der Waals surface area contributed by atoms with E-state index in [4.69, 9.17) is 0 Å². The van der Waals surface area contributed by atoms with Crippen LogP contribution in [-0.2, 0) is 4.79 Å². The van der Waals surface area contributed by atoms with E-state index in [1.807, 2.05) is 6.92 Å². The third kappa shape index (κ3) is 1.56. The van der Waals surface area contributed by atoms with Crippen LogP contribution in [0.15, 0.2) is 0 Å². The monoisotopic (exact) mass is 236 g/mol. The maximum absolute atomic E-state index is 11.4. The molecule has 4 bridgehead atoms. The van der Waals surface area contributed by atoms with Gasteiger partial charge in [0.15, 0.2) is 0 Å². The van der Waals surface area contributed by atoms with Crippen LogP contribution in [0, 0.1) is 28.1 Å². The van der Waals surface area contributed by atoms with Crippen molar-refractivity contribution in [1.82, 2.24) is 0 Å². The summed E-state index contributed by atoms with van der Waals surface area (Å²) in [7, 11) is 0. The maximum atomic E-state index is 11.4. The van der Waals surface area contributed by atoms with E-state index >= 15 is 0 Å². The molecular weight excluding hydrogens is 212 g/mol. The van der Waals surface area contributed by atoms with Crippen LogP contribution in [0.2, 0.25) is 0 Å². The van der Waals surface area contributed by atoms with Crippen LogP contribution in [0.25, 0.3) is 0 Å². The number of carbonyl (C=O) groups is 1. The highest BCUT2D eigenvalue weighted by Gasteiger charge is 2.62. The highest BCUT2D eigenvalue weighted by molar-refractivity contribution is 5.70. The summed E-state index contributed by atoms with van der Waals surface area (Å²) in [6, 6.07) is 0. The summed E-state index contributed by atoms with van der Waals surface area (Å²) in [5.74, 6) is 0.0479. The van der Waals surface area contributed by atoms with Gasteiger partial charge in [0.2, 0.25) is 0 Å². The summed E-state index contributed by atoms with van der Waals surface area (Å²) in [5.41, 5.74) is 0.963. The van der Waals surface area contributed by atoms with Crippen molar-refractivity contribution in [1.29, 1.82) is 0 Å². The van der Waals surface area contributed by atoms with Crippen molar-refractivity contribution in [2.45, 2.75) is 59.3 Å². The zero-order chi connectivity index (χ0) is 12.5. The average Bonchev–Trinajstić information content (AvgIpc) is 2.10. The Morgan fingerprint density at radius 2 is 1.65 bits per heavy atom. The second kappa shape index (κ2) is 3.07. The fourth-order valence-corrected chi connectivity index (χ4v) is 6.28. The van der Waals surface area contributed by atoms with Gasteiger partial charge in [-0.15, -0.1) is 0 Å². The molecule has 1 N–H and O–H groups in total. The lowest BCUT2D eigenvalue weighted by Crippen LogP contribution is -2.57. The van der Waals surface area contributed by atoms with Crippen LogP contribution in [0.5, 0.6) is 0 Å². The van der Waals surface area contributed by atoms with Crippen molar-refractivity contribution in [3.63, 3.8) is 0 Å². The molecule has 0 aromatic heterocycles. The summed E-state index contributed by atoms with van der Waals surface area (Å²) in [6.07, 6.45) is 7.49. The molecule has 0 radical (unpaired) electrons. The number of rotatable bonds is 2. The normalized spacial score (nSPS) is 53.7. The lowest BCUT2D eigenvalue weighted by molar-refractivity contribution is -0.180. The zero-order valence-electron chi connectivity index (χ0n) is 11.3. The van der Waals surface area contributed by atoms with Gasteiger partial charge in [-0.25, -0.2) is 0 Å². The van der Waals surface area contributed by atoms with E-state index in [2.05, 4.69) is 13.8 Å². The van der Waals surface area contributed by atoms with Gasteiger partial charge in [0, 0.05) is 0 Å². The van der Waals surface area contributed by atoms with Gasteiger partial charge in [-0.1, -0.05) is 20.8 Å². The van der Waals surface area contributed by atoms with Gasteiger partial charge in [0.05, 0.1) is 5.92 Å². The summed E-state index contributed by atoms with van der Waals surface area (Å²) in [6.45, 7) is 6.75. The fraction of sp³-hybridized carbons (Fsp3) is 0.933. The van der Waals surface area contributed by atoms with E-state index in [-0.39, 0.29) is 11.3 Å². The van der Waals surface area contributed by atoms with E-state index in [0.29, 0.717) is 10.8 Å². The molecular formula is C15H24O2. The predicted octanol–water partition coefficient (Wildman–Crippen LogP) is 3.70. The summed E-state index contributed by atoms with van der Waals surface area (Å²) in [5, 5.41) is 9.41. The van der Waals surface area contributed by atoms with Gasteiger partial charge in [-0.2, -0.15) is 0 Å². The van der Waals surface area contributed by atoms with E-state index in [0.717, 1.165) is 18.8 Å². The van der Waals surface area contributed by atoms with Gasteiger partial charge in [0.1, 0.15) is 0 Å². The maximum Gasteiger partial charge on any atom is 0.306 e. The first-order valence-corrected chi connectivity index (χ1v) is 6.99. The Balaban J connectivity index is 2.00. The van der Waals surface area contributed by atoms with E-state index in [1.54, 1.807) is 0 Å². The van der Waals surface area contributed by atoms with E-state index < -0.39 is 5.97 Å². The van der Waals surface area contributed by atoms with Crippen molar-refractivity contribution in [2.24, 2.45) is 28.1 Å². The van der Waals surface area contributed by atoms with Crippen LogP contribution < -0.4 is 0 Å². The first-order chi connectivity index (χ1) is 7.76. The second-order valence-electron chi connectivity index (χ2n) is 8.05. The third-order valence-electron chi connectivity index (χ3n) is 5.96. The minimum atomic E-state index is -0.584. The Bertz CT molecular complexity index is 355. The molecule has 4 fully saturated rings. The number of hydrogen-bond acceptors (Lipinski definition) is 1. The molecule has 0 spiro atoms. The zero-order valence-corrected chi connectivity index (χ0v) is 11.3. The number of carboxylic acids is 1. The van der Waals surface area contributed by atoms with Gasteiger partial charge >= 0.3 is 5.97 Å². The molecule has 2 heteroatoms. The van der Waals surface area contributed by atoms with Crippen LogP contribution >= 0.6 is 0 Å². The first-order valence-electron chi connectivity index (χ1n) is 6.99. The third-order valence-corrected chi connectivity index (χ3v) is 5.96. The van der Waals surface area contributed by atoms with E-state index in [1.165, 1.54) is 25.7 Å². The molecule has 4 aliphatic carbocycles. The van der Waals surface area contributed by atoms with Crippen molar-refractivity contribution in [2.75, 3.05) is 0 Å². The molecule has 3 unspecified atom stereocenters. The van der Waals surface area contributed by atoms with Crippen LogP contribution in [0.3, 0.4) is 0 Å². The Labute approximate surface area is 104 Å². The van der Waals surface area contributed by atoms with Crippen molar-refractivity contribution in [3.8, 4) is 0 Å². The standard InChI is InChI=1S/C15H24O2/c1-10(12(16)17)15-6-11-4-13(2,8-15)7-14(3,5-11)9-15/h10-11H,4-9H2,1-3H3,(H,16,17). The molecule has 0 amide bonds. The smallest absolute Gasteiger partial charge is 0.306 e. The highest BCUT2D eigenvalue weighted by atomic mass is 16.4. The second-order valence-corrected chi connectivity index (χ2v) is 8.05. The minimum Gasteiger partial charge on any atom is -0.481 e. The SMILES string of the molecule is CC(C(=O)O)C12CC3CC(C)(CC(C)(C3)C1)C2. The van der Waals surface area contributed by atoms with Crippen LogP contribution in [0.1, 0.15) is 59.3 Å². The highest BCUT2D eigenvalue weighted by Crippen LogP contribution is 2.71. The van der Waals surface area contributed by atoms with Crippen LogP contribution in [0.4, 0.5) is 0 Å². The summed E-state index contributed by atoms with van der Waals surface area (Å²) < 4.78 is 0. The molecule has 4 aliphatic rings. The molecule has 2 nitrogen and oxygen atoms in total. The molecule has 0 aromatic carbocycles. The summed E-state index contributed by atoms with van der Waals surface area (Å²) in [4.78, 5) is 11.4. The molecule has 4 rings (SSSR count). The molecule has 0 aliphatic heterocycles. The predicted molar refractivity (Wildman–Crippen MR) is 66.6 cm³/mol. The molecule has 0 saturated heterocycles. The summed E-state index contributed by atoms with van der Waals surface area (Å²) >= 11 is 0.